The van der Waals surface area contributed by atoms with E-state index in [0.717, 1.165) is 47.1 Å². The second-order valence-corrected chi connectivity index (χ2v) is 8.61. The third-order valence-electron chi connectivity index (χ3n) is 5.57. The van der Waals surface area contributed by atoms with E-state index in [9.17, 15) is 9.59 Å². The fourth-order valence-corrected chi connectivity index (χ4v) is 4.43. The summed E-state index contributed by atoms with van der Waals surface area (Å²) in [6.45, 7) is 3.79. The highest BCUT2D eigenvalue weighted by atomic mass is 79.9. The molecule has 2 aromatic rings. The van der Waals surface area contributed by atoms with Gasteiger partial charge in [0, 0.05) is 55.0 Å². The van der Waals surface area contributed by atoms with E-state index in [2.05, 4.69) is 36.4 Å². The number of rotatable bonds is 5. The van der Waals surface area contributed by atoms with Gasteiger partial charge in [0.15, 0.2) is 0 Å². The first-order valence-electron chi connectivity index (χ1n) is 10.2. The summed E-state index contributed by atoms with van der Waals surface area (Å²) in [5, 5.41) is 7.45. The molecule has 160 valence electrons. The molecular weight excluding hydrogens is 450 g/mol. The Bertz CT molecular complexity index is 946. The quantitative estimate of drug-likeness (QED) is 0.592. The SMILES string of the molecule is NC(=O)CN1CCC(Nc2nc(N3CCNC(=O)CC3)nc3c(Br)cccc23)CC1. The van der Waals surface area contributed by atoms with Crippen molar-refractivity contribution < 1.29 is 9.59 Å². The number of carbonyl (C=O) groups is 2. The number of fused-ring (bicyclic) bond motifs is 1. The van der Waals surface area contributed by atoms with E-state index >= 15 is 0 Å². The predicted octanol–water partition coefficient (Wildman–Crippen LogP) is 1.08. The summed E-state index contributed by atoms with van der Waals surface area (Å²) >= 11 is 3.62. The smallest absolute Gasteiger partial charge is 0.231 e. The molecule has 10 heteroatoms. The van der Waals surface area contributed by atoms with Crippen molar-refractivity contribution in [2.75, 3.05) is 49.5 Å². The average molecular weight is 476 g/mol. The van der Waals surface area contributed by atoms with Crippen molar-refractivity contribution in [3.63, 3.8) is 0 Å². The van der Waals surface area contributed by atoms with Crippen LogP contribution in [0.25, 0.3) is 10.9 Å². The third-order valence-corrected chi connectivity index (χ3v) is 6.21. The van der Waals surface area contributed by atoms with E-state index in [0.29, 0.717) is 38.5 Å². The highest BCUT2D eigenvalue weighted by molar-refractivity contribution is 9.10. The van der Waals surface area contributed by atoms with Crippen LogP contribution in [0.5, 0.6) is 0 Å². The van der Waals surface area contributed by atoms with Crippen LogP contribution in [-0.4, -0.2) is 72.0 Å². The minimum Gasteiger partial charge on any atom is -0.369 e. The Morgan fingerprint density at radius 3 is 2.80 bits per heavy atom. The molecule has 0 spiro atoms. The number of primary amides is 1. The molecule has 0 unspecified atom stereocenters. The maximum atomic E-state index is 11.7. The number of likely N-dealkylation sites (tertiary alicyclic amines) is 1. The first kappa shape index (κ1) is 20.8. The number of anilines is 2. The zero-order chi connectivity index (χ0) is 21.1. The van der Waals surface area contributed by atoms with Gasteiger partial charge in [-0.2, -0.15) is 4.98 Å². The number of aromatic nitrogens is 2. The molecule has 0 saturated carbocycles. The van der Waals surface area contributed by atoms with Crippen molar-refractivity contribution in [2.24, 2.45) is 5.73 Å². The number of nitrogens with two attached hydrogens (primary N) is 1. The monoisotopic (exact) mass is 475 g/mol. The van der Waals surface area contributed by atoms with Crippen LogP contribution in [0.4, 0.5) is 11.8 Å². The summed E-state index contributed by atoms with van der Waals surface area (Å²) < 4.78 is 0.909. The van der Waals surface area contributed by atoms with Crippen molar-refractivity contribution in [1.29, 1.82) is 0 Å². The standard InChI is InChI=1S/C20H26BrN7O2/c21-15-3-1-2-14-18(15)25-20(28-10-6-17(30)23-7-11-28)26-19(14)24-13-4-8-27(9-5-13)12-16(22)29/h1-3,13H,4-12H2,(H2,22,29)(H,23,30)(H,24,25,26). The molecule has 0 aliphatic carbocycles. The lowest BCUT2D eigenvalue weighted by atomic mass is 10.0. The molecule has 2 amide bonds. The van der Waals surface area contributed by atoms with Gasteiger partial charge in [-0.15, -0.1) is 0 Å². The summed E-state index contributed by atoms with van der Waals surface area (Å²) in [6.07, 6.45) is 2.24. The predicted molar refractivity (Wildman–Crippen MR) is 119 cm³/mol. The Hall–Kier alpha value is -2.46. The minimum atomic E-state index is -0.289. The van der Waals surface area contributed by atoms with Gasteiger partial charge in [-0.25, -0.2) is 4.98 Å². The fraction of sp³-hybridized carbons (Fsp3) is 0.500. The fourth-order valence-electron chi connectivity index (χ4n) is 3.97. The van der Waals surface area contributed by atoms with Gasteiger partial charge in [0.05, 0.1) is 12.1 Å². The maximum Gasteiger partial charge on any atom is 0.231 e. The molecule has 3 heterocycles. The summed E-state index contributed by atoms with van der Waals surface area (Å²) in [6, 6.07) is 6.22. The summed E-state index contributed by atoms with van der Waals surface area (Å²) in [5.74, 6) is 1.19. The van der Waals surface area contributed by atoms with Gasteiger partial charge < -0.3 is 21.3 Å². The molecule has 2 aliphatic heterocycles. The van der Waals surface area contributed by atoms with Gasteiger partial charge in [0.25, 0.3) is 0 Å². The number of nitrogens with zero attached hydrogens (tertiary/aromatic N) is 4. The second kappa shape index (κ2) is 9.13. The topological polar surface area (TPSA) is 116 Å². The van der Waals surface area contributed by atoms with E-state index in [4.69, 9.17) is 15.7 Å². The second-order valence-electron chi connectivity index (χ2n) is 7.76. The lowest BCUT2D eigenvalue weighted by molar-refractivity contribution is -0.120. The van der Waals surface area contributed by atoms with Crippen molar-refractivity contribution in [1.82, 2.24) is 20.2 Å². The molecule has 2 aliphatic rings. The highest BCUT2D eigenvalue weighted by Gasteiger charge is 2.23. The Balaban J connectivity index is 1.58. The zero-order valence-electron chi connectivity index (χ0n) is 16.7. The van der Waals surface area contributed by atoms with Gasteiger partial charge in [-0.3, -0.25) is 14.5 Å². The Labute approximate surface area is 183 Å². The van der Waals surface area contributed by atoms with E-state index in [1.54, 1.807) is 0 Å². The number of piperidine rings is 1. The number of hydrogen-bond donors (Lipinski definition) is 3. The summed E-state index contributed by atoms with van der Waals surface area (Å²) in [7, 11) is 0. The molecule has 2 fully saturated rings. The van der Waals surface area contributed by atoms with Crippen LogP contribution in [0.3, 0.4) is 0 Å². The molecule has 9 nitrogen and oxygen atoms in total. The summed E-state index contributed by atoms with van der Waals surface area (Å²) in [5.41, 5.74) is 6.16. The third kappa shape index (κ3) is 4.81. The molecule has 4 N–H and O–H groups in total. The van der Waals surface area contributed by atoms with Crippen LogP contribution in [0.15, 0.2) is 22.7 Å². The van der Waals surface area contributed by atoms with Crippen molar-refractivity contribution in [2.45, 2.75) is 25.3 Å². The van der Waals surface area contributed by atoms with Crippen molar-refractivity contribution >= 4 is 50.4 Å². The molecule has 4 rings (SSSR count). The molecule has 0 bridgehead atoms. The first-order valence-corrected chi connectivity index (χ1v) is 11.0. The van der Waals surface area contributed by atoms with E-state index in [1.165, 1.54) is 0 Å². The van der Waals surface area contributed by atoms with E-state index in [-0.39, 0.29) is 17.9 Å². The largest absolute Gasteiger partial charge is 0.369 e. The maximum absolute atomic E-state index is 11.7. The lowest BCUT2D eigenvalue weighted by Gasteiger charge is -2.32. The molecule has 0 atom stereocenters. The zero-order valence-corrected chi connectivity index (χ0v) is 18.3. The minimum absolute atomic E-state index is 0.0561. The molecule has 2 saturated heterocycles. The van der Waals surface area contributed by atoms with E-state index < -0.39 is 0 Å². The van der Waals surface area contributed by atoms with Crippen molar-refractivity contribution in [3.05, 3.63) is 22.7 Å². The lowest BCUT2D eigenvalue weighted by Crippen LogP contribution is -2.43. The number of benzene rings is 1. The van der Waals surface area contributed by atoms with Crippen LogP contribution in [0, 0.1) is 0 Å². The van der Waals surface area contributed by atoms with Gasteiger partial charge >= 0.3 is 0 Å². The molecule has 1 aromatic carbocycles. The highest BCUT2D eigenvalue weighted by Crippen LogP contribution is 2.30. The number of hydrogen-bond acceptors (Lipinski definition) is 7. The van der Waals surface area contributed by atoms with Crippen LogP contribution >= 0.6 is 15.9 Å². The number of amides is 2. The van der Waals surface area contributed by atoms with Crippen molar-refractivity contribution in [3.8, 4) is 0 Å². The first-order chi connectivity index (χ1) is 14.5. The number of nitrogens with one attached hydrogen (secondary N) is 2. The number of halogens is 1. The van der Waals surface area contributed by atoms with Crippen LogP contribution in [0.2, 0.25) is 0 Å². The number of para-hydroxylation sites is 1. The van der Waals surface area contributed by atoms with Crippen LogP contribution in [-0.2, 0) is 9.59 Å². The van der Waals surface area contributed by atoms with Crippen LogP contribution < -0.4 is 21.3 Å². The molecule has 1 aromatic heterocycles. The average Bonchev–Trinajstić information content (AvgIpc) is 2.94. The Morgan fingerprint density at radius 2 is 2.03 bits per heavy atom. The van der Waals surface area contributed by atoms with Gasteiger partial charge in [0.2, 0.25) is 17.8 Å². The van der Waals surface area contributed by atoms with Gasteiger partial charge in [-0.05, 0) is 40.9 Å². The van der Waals surface area contributed by atoms with Crippen LogP contribution in [0.1, 0.15) is 19.3 Å². The van der Waals surface area contributed by atoms with Gasteiger partial charge in [-0.1, -0.05) is 6.07 Å². The summed E-state index contributed by atoms with van der Waals surface area (Å²) in [4.78, 5) is 36.7. The molecule has 30 heavy (non-hydrogen) atoms. The number of carbonyl (C=O) groups excluding carboxylic acids is 2. The Kier molecular flexibility index (Phi) is 6.33. The van der Waals surface area contributed by atoms with Gasteiger partial charge in [0.1, 0.15) is 5.82 Å². The molecule has 0 radical (unpaired) electrons. The Morgan fingerprint density at radius 1 is 1.23 bits per heavy atom. The van der Waals surface area contributed by atoms with E-state index in [1.807, 2.05) is 18.2 Å². The normalized spacial score (nSPS) is 18.8. The molecular formula is C20H26BrN7O2.